The SMILES string of the molecule is NC(=O)CCCN1CC(C=C(Br)Br)CC1=O. The molecule has 4 nitrogen and oxygen atoms in total. The first-order valence-electron chi connectivity index (χ1n) is 5.08. The second-order valence-electron chi connectivity index (χ2n) is 3.83. The number of carbonyl (C=O) groups excluding carboxylic acids is 2. The van der Waals surface area contributed by atoms with Gasteiger partial charge in [-0.05, 0) is 38.3 Å². The van der Waals surface area contributed by atoms with Crippen LogP contribution in [0.25, 0.3) is 0 Å². The number of halogens is 2. The Morgan fingerprint density at radius 2 is 2.25 bits per heavy atom. The molecule has 90 valence electrons. The van der Waals surface area contributed by atoms with Gasteiger partial charge in [0.2, 0.25) is 11.8 Å². The van der Waals surface area contributed by atoms with Gasteiger partial charge >= 0.3 is 0 Å². The van der Waals surface area contributed by atoms with Crippen molar-refractivity contribution in [3.05, 3.63) is 9.47 Å². The second kappa shape index (κ2) is 6.39. The fourth-order valence-electron chi connectivity index (χ4n) is 1.75. The van der Waals surface area contributed by atoms with Crippen LogP contribution < -0.4 is 5.73 Å². The Labute approximate surface area is 111 Å². The monoisotopic (exact) mass is 352 g/mol. The Morgan fingerprint density at radius 1 is 1.56 bits per heavy atom. The molecule has 0 aromatic rings. The Morgan fingerprint density at radius 3 is 2.81 bits per heavy atom. The molecule has 1 rings (SSSR count). The maximum absolute atomic E-state index is 11.6. The molecule has 2 amide bonds. The summed E-state index contributed by atoms with van der Waals surface area (Å²) in [4.78, 5) is 23.9. The standard InChI is InChI=1S/C10H14Br2N2O2/c11-8(12)4-7-5-10(16)14(6-7)3-1-2-9(13)15/h4,7H,1-3,5-6H2,(H2,13,15). The predicted octanol–water partition coefficient (Wildman–Crippen LogP) is 1.73. The fraction of sp³-hybridized carbons (Fsp3) is 0.600. The lowest BCUT2D eigenvalue weighted by Crippen LogP contribution is -2.27. The van der Waals surface area contributed by atoms with E-state index in [0.717, 1.165) is 9.94 Å². The number of primary amides is 1. The molecule has 1 atom stereocenters. The van der Waals surface area contributed by atoms with Crippen molar-refractivity contribution >= 4 is 43.7 Å². The molecule has 1 aliphatic heterocycles. The zero-order chi connectivity index (χ0) is 12.1. The van der Waals surface area contributed by atoms with Crippen LogP contribution in [-0.4, -0.2) is 29.8 Å². The Kier molecular flexibility index (Phi) is 5.48. The average Bonchev–Trinajstić information content (AvgIpc) is 2.45. The van der Waals surface area contributed by atoms with Crippen LogP contribution in [0.2, 0.25) is 0 Å². The van der Waals surface area contributed by atoms with Crippen LogP contribution in [0.5, 0.6) is 0 Å². The molecule has 0 aromatic carbocycles. The number of rotatable bonds is 5. The lowest BCUT2D eigenvalue weighted by Gasteiger charge is -2.15. The molecule has 6 heteroatoms. The van der Waals surface area contributed by atoms with E-state index in [0.29, 0.717) is 25.8 Å². The number of nitrogens with zero attached hydrogens (tertiary/aromatic N) is 1. The van der Waals surface area contributed by atoms with Gasteiger partial charge in [0.15, 0.2) is 0 Å². The van der Waals surface area contributed by atoms with Gasteiger partial charge in [0.05, 0.1) is 3.39 Å². The summed E-state index contributed by atoms with van der Waals surface area (Å²) < 4.78 is 0.872. The highest BCUT2D eigenvalue weighted by atomic mass is 79.9. The van der Waals surface area contributed by atoms with Crippen molar-refractivity contribution < 1.29 is 9.59 Å². The summed E-state index contributed by atoms with van der Waals surface area (Å²) in [5.74, 6) is 0.0769. The quantitative estimate of drug-likeness (QED) is 0.818. The molecule has 2 N–H and O–H groups in total. The Balaban J connectivity index is 2.37. The zero-order valence-electron chi connectivity index (χ0n) is 8.79. The third-order valence-corrected chi connectivity index (χ3v) is 2.99. The van der Waals surface area contributed by atoms with E-state index in [2.05, 4.69) is 31.9 Å². The summed E-state index contributed by atoms with van der Waals surface area (Å²) in [6, 6.07) is 0. The van der Waals surface area contributed by atoms with Gasteiger partial charge in [0, 0.05) is 31.8 Å². The summed E-state index contributed by atoms with van der Waals surface area (Å²) in [5.41, 5.74) is 5.04. The van der Waals surface area contributed by atoms with Crippen molar-refractivity contribution in [2.24, 2.45) is 11.7 Å². The molecular weight excluding hydrogens is 340 g/mol. The van der Waals surface area contributed by atoms with E-state index < -0.39 is 0 Å². The van der Waals surface area contributed by atoms with Crippen LogP contribution >= 0.6 is 31.9 Å². The topological polar surface area (TPSA) is 63.4 Å². The van der Waals surface area contributed by atoms with Crippen LogP contribution in [-0.2, 0) is 9.59 Å². The van der Waals surface area contributed by atoms with Crippen molar-refractivity contribution in [2.75, 3.05) is 13.1 Å². The van der Waals surface area contributed by atoms with Gasteiger partial charge in [-0.2, -0.15) is 0 Å². The van der Waals surface area contributed by atoms with Crippen molar-refractivity contribution in [3.63, 3.8) is 0 Å². The van der Waals surface area contributed by atoms with E-state index in [1.54, 1.807) is 4.90 Å². The highest BCUT2D eigenvalue weighted by Crippen LogP contribution is 2.24. The first kappa shape index (κ1) is 13.7. The van der Waals surface area contributed by atoms with Gasteiger partial charge < -0.3 is 10.6 Å². The number of carbonyl (C=O) groups is 2. The number of hydrogen-bond donors (Lipinski definition) is 1. The fourth-order valence-corrected chi connectivity index (χ4v) is 2.50. The van der Waals surface area contributed by atoms with Crippen LogP contribution in [0.15, 0.2) is 9.47 Å². The highest BCUT2D eigenvalue weighted by molar-refractivity contribution is 9.28. The van der Waals surface area contributed by atoms with Gasteiger partial charge in [-0.1, -0.05) is 6.08 Å². The lowest BCUT2D eigenvalue weighted by molar-refractivity contribution is -0.128. The van der Waals surface area contributed by atoms with Crippen LogP contribution in [0.3, 0.4) is 0 Å². The zero-order valence-corrected chi connectivity index (χ0v) is 12.0. The van der Waals surface area contributed by atoms with E-state index in [1.807, 2.05) is 6.08 Å². The molecule has 0 aliphatic carbocycles. The largest absolute Gasteiger partial charge is 0.370 e. The summed E-state index contributed by atoms with van der Waals surface area (Å²) in [5, 5.41) is 0. The van der Waals surface area contributed by atoms with E-state index in [9.17, 15) is 9.59 Å². The van der Waals surface area contributed by atoms with E-state index in [1.165, 1.54) is 0 Å². The minimum Gasteiger partial charge on any atom is -0.370 e. The van der Waals surface area contributed by atoms with Gasteiger partial charge in [-0.25, -0.2) is 0 Å². The maximum atomic E-state index is 11.6. The van der Waals surface area contributed by atoms with Crippen LogP contribution in [0.1, 0.15) is 19.3 Å². The summed E-state index contributed by atoms with van der Waals surface area (Å²) in [6.07, 6.45) is 3.50. The predicted molar refractivity (Wildman–Crippen MR) is 69.1 cm³/mol. The van der Waals surface area contributed by atoms with Crippen LogP contribution in [0.4, 0.5) is 0 Å². The minimum atomic E-state index is -0.314. The van der Waals surface area contributed by atoms with E-state index in [4.69, 9.17) is 5.73 Å². The molecular formula is C10H14Br2N2O2. The molecule has 0 saturated carbocycles. The molecule has 0 aromatic heterocycles. The number of hydrogen-bond acceptors (Lipinski definition) is 2. The Bertz CT molecular complexity index is 314. The molecule has 1 unspecified atom stereocenters. The van der Waals surface area contributed by atoms with Gasteiger partial charge in [-0.15, -0.1) is 0 Å². The summed E-state index contributed by atoms with van der Waals surface area (Å²) in [7, 11) is 0. The molecule has 0 radical (unpaired) electrons. The molecule has 16 heavy (non-hydrogen) atoms. The first-order chi connectivity index (χ1) is 7.49. The third kappa shape index (κ3) is 4.65. The molecule has 1 saturated heterocycles. The number of amides is 2. The number of nitrogens with two attached hydrogens (primary N) is 1. The van der Waals surface area contributed by atoms with Crippen molar-refractivity contribution in [1.29, 1.82) is 0 Å². The van der Waals surface area contributed by atoms with Crippen molar-refractivity contribution in [3.8, 4) is 0 Å². The average molecular weight is 354 g/mol. The summed E-state index contributed by atoms with van der Waals surface area (Å²) >= 11 is 6.57. The van der Waals surface area contributed by atoms with E-state index >= 15 is 0 Å². The second-order valence-corrected chi connectivity index (χ2v) is 6.60. The molecule has 0 bridgehead atoms. The minimum absolute atomic E-state index is 0.145. The molecule has 0 spiro atoms. The van der Waals surface area contributed by atoms with Gasteiger partial charge in [-0.3, -0.25) is 9.59 Å². The van der Waals surface area contributed by atoms with Crippen molar-refractivity contribution in [2.45, 2.75) is 19.3 Å². The highest BCUT2D eigenvalue weighted by Gasteiger charge is 2.27. The first-order valence-corrected chi connectivity index (χ1v) is 6.66. The lowest BCUT2D eigenvalue weighted by atomic mass is 10.1. The normalized spacial score (nSPS) is 20.0. The smallest absolute Gasteiger partial charge is 0.223 e. The third-order valence-electron chi connectivity index (χ3n) is 2.46. The summed E-state index contributed by atoms with van der Waals surface area (Å²) in [6.45, 7) is 1.34. The molecule has 1 heterocycles. The van der Waals surface area contributed by atoms with E-state index in [-0.39, 0.29) is 17.7 Å². The molecule has 1 fully saturated rings. The molecule has 1 aliphatic rings. The Hall–Kier alpha value is -0.360. The van der Waals surface area contributed by atoms with Gasteiger partial charge in [0.1, 0.15) is 0 Å². The maximum Gasteiger partial charge on any atom is 0.223 e. The van der Waals surface area contributed by atoms with Crippen molar-refractivity contribution in [1.82, 2.24) is 4.90 Å². The van der Waals surface area contributed by atoms with Crippen LogP contribution in [0, 0.1) is 5.92 Å². The van der Waals surface area contributed by atoms with Gasteiger partial charge in [0.25, 0.3) is 0 Å². The number of likely N-dealkylation sites (tertiary alicyclic amines) is 1.